The van der Waals surface area contributed by atoms with E-state index in [4.69, 9.17) is 0 Å². The minimum absolute atomic E-state index is 0.0581. The molecule has 1 aromatic rings. The van der Waals surface area contributed by atoms with Gasteiger partial charge >= 0.3 is 0 Å². The number of hydrogen-bond donors (Lipinski definition) is 2. The Morgan fingerprint density at radius 1 is 1.36 bits per heavy atom. The smallest absolute Gasteiger partial charge is 0.264 e. The van der Waals surface area contributed by atoms with Gasteiger partial charge in [0, 0.05) is 13.1 Å². The first-order valence-corrected chi connectivity index (χ1v) is 8.82. The number of nitrogens with one attached hydrogen (secondary N) is 1. The van der Waals surface area contributed by atoms with Gasteiger partial charge < -0.3 is 15.3 Å². The Balaban J connectivity index is 1.64. The molecule has 5 nitrogen and oxygen atoms in total. The second-order valence-corrected chi connectivity index (χ2v) is 7.23. The van der Waals surface area contributed by atoms with Crippen molar-refractivity contribution in [1.29, 1.82) is 0 Å². The van der Waals surface area contributed by atoms with Crippen LogP contribution in [0.2, 0.25) is 0 Å². The Morgan fingerprint density at radius 2 is 2.18 bits per heavy atom. The highest BCUT2D eigenvalue weighted by molar-refractivity contribution is 7.12. The summed E-state index contributed by atoms with van der Waals surface area (Å²) in [6, 6.07) is 3.24. The molecule has 6 heteroatoms. The van der Waals surface area contributed by atoms with Crippen molar-refractivity contribution in [3.05, 3.63) is 22.4 Å². The number of piperidine rings is 1. The summed E-state index contributed by atoms with van der Waals surface area (Å²) in [5.41, 5.74) is -0.729. The Kier molecular flexibility index (Phi) is 4.49. The quantitative estimate of drug-likeness (QED) is 0.888. The highest BCUT2D eigenvalue weighted by Crippen LogP contribution is 2.30. The number of carbonyl (C=O) groups is 2. The fourth-order valence-corrected chi connectivity index (χ4v) is 3.80. The Hall–Kier alpha value is -1.40. The number of carbonyl (C=O) groups excluding carboxylic acids is 2. The average Bonchev–Trinajstić information content (AvgIpc) is 3.04. The summed E-state index contributed by atoms with van der Waals surface area (Å²) in [5.74, 6) is -0.192. The van der Waals surface area contributed by atoms with Gasteiger partial charge in [-0.3, -0.25) is 9.59 Å². The van der Waals surface area contributed by atoms with E-state index in [0.717, 1.165) is 32.1 Å². The summed E-state index contributed by atoms with van der Waals surface area (Å²) in [6.07, 6.45) is 5.09. The predicted octanol–water partition coefficient (Wildman–Crippen LogP) is 1.77. The number of thiophene rings is 1. The van der Waals surface area contributed by atoms with E-state index >= 15 is 0 Å². The van der Waals surface area contributed by atoms with Crippen LogP contribution in [0.1, 0.15) is 48.2 Å². The Morgan fingerprint density at radius 3 is 2.82 bits per heavy atom. The number of rotatable bonds is 4. The van der Waals surface area contributed by atoms with Crippen LogP contribution in [-0.4, -0.2) is 46.6 Å². The molecule has 2 aliphatic rings. The van der Waals surface area contributed by atoms with Crippen LogP contribution in [0.15, 0.2) is 17.5 Å². The third-order valence-electron chi connectivity index (χ3n) is 4.67. The maximum Gasteiger partial charge on any atom is 0.264 e. The summed E-state index contributed by atoms with van der Waals surface area (Å²) in [4.78, 5) is 27.4. The van der Waals surface area contributed by atoms with Crippen molar-refractivity contribution in [3.8, 4) is 0 Å². The first kappa shape index (κ1) is 15.5. The molecule has 1 aliphatic heterocycles. The van der Waals surface area contributed by atoms with Crippen molar-refractivity contribution in [2.45, 2.75) is 50.2 Å². The molecule has 3 rings (SSSR count). The number of amides is 2. The zero-order valence-corrected chi connectivity index (χ0v) is 13.4. The van der Waals surface area contributed by atoms with E-state index in [9.17, 15) is 14.7 Å². The predicted molar refractivity (Wildman–Crippen MR) is 84.8 cm³/mol. The third-order valence-corrected chi connectivity index (χ3v) is 5.53. The molecule has 2 N–H and O–H groups in total. The van der Waals surface area contributed by atoms with E-state index in [1.165, 1.54) is 11.3 Å². The Bertz CT molecular complexity index is 540. The standard InChI is InChI=1S/C16H22N2O3S/c19-14(17-11-16(21)7-4-8-16)12-5-1-2-9-18(12)15(20)13-6-3-10-22-13/h3,6,10,12,21H,1-2,4-5,7-9,11H2,(H,17,19). The fraction of sp³-hybridized carbons (Fsp3) is 0.625. The highest BCUT2D eigenvalue weighted by Gasteiger charge is 2.37. The van der Waals surface area contributed by atoms with Gasteiger partial charge in [-0.1, -0.05) is 6.07 Å². The van der Waals surface area contributed by atoms with Crippen molar-refractivity contribution in [1.82, 2.24) is 10.2 Å². The van der Waals surface area contributed by atoms with E-state index < -0.39 is 11.6 Å². The summed E-state index contributed by atoms with van der Waals surface area (Å²) in [5, 5.41) is 14.8. The molecule has 1 saturated carbocycles. The molecular weight excluding hydrogens is 300 g/mol. The van der Waals surface area contributed by atoms with Crippen LogP contribution in [0, 0.1) is 0 Å². The molecular formula is C16H22N2O3S. The highest BCUT2D eigenvalue weighted by atomic mass is 32.1. The van der Waals surface area contributed by atoms with Gasteiger partial charge in [0.25, 0.3) is 5.91 Å². The van der Waals surface area contributed by atoms with Crippen LogP contribution in [0.5, 0.6) is 0 Å². The van der Waals surface area contributed by atoms with Gasteiger partial charge in [-0.25, -0.2) is 0 Å². The lowest BCUT2D eigenvalue weighted by molar-refractivity contribution is -0.129. The number of hydrogen-bond acceptors (Lipinski definition) is 4. The lowest BCUT2D eigenvalue weighted by Crippen LogP contribution is -2.55. The van der Waals surface area contributed by atoms with E-state index in [1.807, 2.05) is 11.4 Å². The molecule has 120 valence electrons. The molecule has 1 aliphatic carbocycles. The first-order chi connectivity index (χ1) is 10.6. The maximum atomic E-state index is 12.6. The molecule has 1 unspecified atom stereocenters. The first-order valence-electron chi connectivity index (χ1n) is 7.94. The molecule has 0 bridgehead atoms. The van der Waals surface area contributed by atoms with Gasteiger partial charge in [-0.2, -0.15) is 0 Å². The van der Waals surface area contributed by atoms with Gasteiger partial charge in [0.2, 0.25) is 5.91 Å². The second kappa shape index (κ2) is 6.38. The van der Waals surface area contributed by atoms with Gasteiger partial charge in [0.1, 0.15) is 6.04 Å². The largest absolute Gasteiger partial charge is 0.388 e. The van der Waals surface area contributed by atoms with Crippen molar-refractivity contribution in [2.75, 3.05) is 13.1 Å². The monoisotopic (exact) mass is 322 g/mol. The lowest BCUT2D eigenvalue weighted by atomic mass is 9.80. The maximum absolute atomic E-state index is 12.6. The normalized spacial score (nSPS) is 23.7. The lowest BCUT2D eigenvalue weighted by Gasteiger charge is -2.38. The molecule has 1 saturated heterocycles. The van der Waals surface area contributed by atoms with E-state index in [1.54, 1.807) is 11.0 Å². The summed E-state index contributed by atoms with van der Waals surface area (Å²) in [7, 11) is 0. The SMILES string of the molecule is O=C(NCC1(O)CCC1)C1CCCCN1C(=O)c1cccs1. The van der Waals surface area contributed by atoms with Crippen molar-refractivity contribution in [2.24, 2.45) is 0 Å². The topological polar surface area (TPSA) is 69.6 Å². The molecule has 1 aromatic heterocycles. The molecule has 0 spiro atoms. The summed E-state index contributed by atoms with van der Waals surface area (Å²) < 4.78 is 0. The molecule has 0 radical (unpaired) electrons. The minimum Gasteiger partial charge on any atom is -0.388 e. The van der Waals surface area contributed by atoms with Gasteiger partial charge in [-0.05, 0) is 50.0 Å². The third kappa shape index (κ3) is 3.17. The molecule has 0 aromatic carbocycles. The van der Waals surface area contributed by atoms with Crippen LogP contribution in [-0.2, 0) is 4.79 Å². The Labute approximate surface area is 134 Å². The average molecular weight is 322 g/mol. The van der Waals surface area contributed by atoms with Crippen molar-refractivity contribution in [3.63, 3.8) is 0 Å². The van der Waals surface area contributed by atoms with Crippen LogP contribution >= 0.6 is 11.3 Å². The molecule has 22 heavy (non-hydrogen) atoms. The number of aliphatic hydroxyl groups is 1. The van der Waals surface area contributed by atoms with Crippen LogP contribution in [0.25, 0.3) is 0 Å². The summed E-state index contributed by atoms with van der Waals surface area (Å²) >= 11 is 1.41. The van der Waals surface area contributed by atoms with Gasteiger partial charge in [-0.15, -0.1) is 11.3 Å². The zero-order chi connectivity index (χ0) is 15.6. The van der Waals surface area contributed by atoms with Crippen LogP contribution in [0.4, 0.5) is 0 Å². The molecule has 2 heterocycles. The van der Waals surface area contributed by atoms with Crippen LogP contribution in [0.3, 0.4) is 0 Å². The van der Waals surface area contributed by atoms with Crippen molar-refractivity contribution < 1.29 is 14.7 Å². The minimum atomic E-state index is -0.729. The zero-order valence-electron chi connectivity index (χ0n) is 12.6. The summed E-state index contributed by atoms with van der Waals surface area (Å²) in [6.45, 7) is 0.919. The van der Waals surface area contributed by atoms with Crippen molar-refractivity contribution >= 4 is 23.2 Å². The number of likely N-dealkylation sites (tertiary alicyclic amines) is 1. The second-order valence-electron chi connectivity index (χ2n) is 6.28. The van der Waals surface area contributed by atoms with E-state index in [-0.39, 0.29) is 11.8 Å². The van der Waals surface area contributed by atoms with Crippen LogP contribution < -0.4 is 5.32 Å². The molecule has 2 amide bonds. The molecule has 2 fully saturated rings. The fourth-order valence-electron chi connectivity index (χ4n) is 3.12. The van der Waals surface area contributed by atoms with Gasteiger partial charge in [0.15, 0.2) is 0 Å². The van der Waals surface area contributed by atoms with E-state index in [2.05, 4.69) is 5.32 Å². The number of nitrogens with zero attached hydrogens (tertiary/aromatic N) is 1. The van der Waals surface area contributed by atoms with E-state index in [0.29, 0.717) is 24.4 Å². The van der Waals surface area contributed by atoms with Gasteiger partial charge in [0.05, 0.1) is 10.5 Å². The molecule has 1 atom stereocenters.